The highest BCUT2D eigenvalue weighted by atomic mass is 17.1. The average molecular weight is 564 g/mol. The molecule has 224 valence electrons. The Hall–Kier alpha value is -2.57. The Labute approximate surface area is 236 Å². The lowest BCUT2D eigenvalue weighted by Crippen LogP contribution is -2.56. The van der Waals surface area contributed by atoms with Crippen molar-refractivity contribution in [3.8, 4) is 0 Å². The molecule has 1 aromatic rings. The molecule has 1 amide bonds. The Balaban J connectivity index is 1.61. The maximum atomic E-state index is 13.9. The van der Waals surface area contributed by atoms with Gasteiger partial charge in [0.1, 0.15) is 12.1 Å². The zero-order chi connectivity index (χ0) is 28.9. The Bertz CT molecular complexity index is 931. The van der Waals surface area contributed by atoms with E-state index < -0.39 is 24.1 Å². The van der Waals surface area contributed by atoms with Crippen molar-refractivity contribution in [3.63, 3.8) is 0 Å². The molecule has 5 atom stereocenters. The molecule has 40 heavy (non-hydrogen) atoms. The number of amides is 1. The van der Waals surface area contributed by atoms with Gasteiger partial charge in [0.15, 0.2) is 0 Å². The van der Waals surface area contributed by atoms with Crippen molar-refractivity contribution in [3.05, 3.63) is 35.9 Å². The van der Waals surface area contributed by atoms with Crippen molar-refractivity contribution < 1.29 is 39.1 Å². The maximum Gasteiger partial charge on any atom is 0.328 e. The summed E-state index contributed by atoms with van der Waals surface area (Å²) in [5.74, 6) is -0.713. The zero-order valence-electron chi connectivity index (χ0n) is 23.7. The summed E-state index contributed by atoms with van der Waals surface area (Å²) < 4.78 is 10.9. The minimum Gasteiger partial charge on any atom is -0.465 e. The number of aryl methyl sites for hydroxylation is 1. The van der Waals surface area contributed by atoms with Gasteiger partial charge in [0.05, 0.1) is 31.3 Å². The monoisotopic (exact) mass is 563 g/mol. The van der Waals surface area contributed by atoms with E-state index in [1.807, 2.05) is 30.3 Å². The number of benzene rings is 1. The van der Waals surface area contributed by atoms with Gasteiger partial charge in [-0.15, -0.1) is 0 Å². The van der Waals surface area contributed by atoms with Crippen LogP contribution < -0.4 is 5.32 Å². The Morgan fingerprint density at radius 3 is 2.50 bits per heavy atom. The summed E-state index contributed by atoms with van der Waals surface area (Å²) in [5.41, 5.74) is 1.10. The fraction of sp³-hybridized carbons (Fsp3) is 0.690. The lowest BCUT2D eigenvalue weighted by atomic mass is 9.84. The van der Waals surface area contributed by atoms with E-state index in [9.17, 15) is 14.4 Å². The lowest BCUT2D eigenvalue weighted by Gasteiger charge is -2.35. The molecule has 1 saturated heterocycles. The normalized spacial score (nSPS) is 22.0. The van der Waals surface area contributed by atoms with Crippen LogP contribution >= 0.6 is 0 Å². The second-order valence-electron chi connectivity index (χ2n) is 10.6. The molecule has 0 spiro atoms. The number of unbranched alkanes of at least 4 members (excludes halogenated alkanes) is 2. The SMILES string of the molecule is CCOC(=O)C(CCc1ccccc1)NC(C)C(=O)N1C(C(=O)OCCCCCON(O)O)CC2CCCCC21. The molecule has 3 rings (SSSR count). The lowest BCUT2D eigenvalue weighted by molar-refractivity contribution is -0.492. The summed E-state index contributed by atoms with van der Waals surface area (Å²) >= 11 is 0. The first-order valence-corrected chi connectivity index (χ1v) is 14.6. The molecule has 5 unspecified atom stereocenters. The first-order chi connectivity index (χ1) is 19.3. The number of hydrogen-bond donors (Lipinski definition) is 3. The molecule has 0 radical (unpaired) electrons. The predicted molar refractivity (Wildman–Crippen MR) is 145 cm³/mol. The molecule has 1 aliphatic heterocycles. The van der Waals surface area contributed by atoms with Gasteiger partial charge in [-0.1, -0.05) is 43.2 Å². The largest absolute Gasteiger partial charge is 0.465 e. The Morgan fingerprint density at radius 1 is 1.05 bits per heavy atom. The number of rotatable bonds is 16. The molecule has 3 N–H and O–H groups in total. The van der Waals surface area contributed by atoms with Gasteiger partial charge in [-0.25, -0.2) is 4.79 Å². The van der Waals surface area contributed by atoms with Crippen LogP contribution in [0.5, 0.6) is 0 Å². The number of esters is 2. The molecule has 1 aromatic carbocycles. The second-order valence-corrected chi connectivity index (χ2v) is 10.6. The van der Waals surface area contributed by atoms with Gasteiger partial charge < -0.3 is 14.4 Å². The van der Waals surface area contributed by atoms with Crippen LogP contribution in [0.25, 0.3) is 0 Å². The maximum absolute atomic E-state index is 13.9. The number of ether oxygens (including phenoxy) is 2. The van der Waals surface area contributed by atoms with Crippen LogP contribution in [0.2, 0.25) is 0 Å². The molecule has 11 heteroatoms. The number of carbonyl (C=O) groups excluding carboxylic acids is 3. The molecule has 11 nitrogen and oxygen atoms in total. The highest BCUT2D eigenvalue weighted by Crippen LogP contribution is 2.40. The standard InChI is InChI=1S/C29H45N3O8/c1-3-38-28(34)24(17-16-22-12-6-4-7-13-22)30-21(2)27(33)31-25-15-9-8-14-23(25)20-26(31)29(35)39-18-10-5-11-19-40-32(36)37/h4,6-7,12-13,21,23-26,30,36-37H,3,5,8-11,14-20H2,1-2H3. The second kappa shape index (κ2) is 16.6. The molecule has 2 fully saturated rings. The van der Waals surface area contributed by atoms with Crippen LogP contribution in [0.15, 0.2) is 30.3 Å². The minimum atomic E-state index is -0.682. The van der Waals surface area contributed by atoms with Gasteiger partial charge in [0.25, 0.3) is 0 Å². The summed E-state index contributed by atoms with van der Waals surface area (Å²) in [4.78, 5) is 46.0. The van der Waals surface area contributed by atoms with Crippen molar-refractivity contribution in [1.29, 1.82) is 0 Å². The Kier molecular flexibility index (Phi) is 13.3. The number of carbonyl (C=O) groups is 3. The summed E-state index contributed by atoms with van der Waals surface area (Å²) in [6.45, 7) is 4.11. The molecule has 0 aromatic heterocycles. The summed E-state index contributed by atoms with van der Waals surface area (Å²) in [7, 11) is 0. The van der Waals surface area contributed by atoms with Crippen LogP contribution in [0.3, 0.4) is 0 Å². The number of nitrogens with zero attached hydrogens (tertiary/aromatic N) is 2. The van der Waals surface area contributed by atoms with E-state index >= 15 is 0 Å². The van der Waals surface area contributed by atoms with E-state index in [2.05, 4.69) is 10.2 Å². The van der Waals surface area contributed by atoms with Gasteiger partial charge >= 0.3 is 11.9 Å². The van der Waals surface area contributed by atoms with Gasteiger partial charge in [0.2, 0.25) is 5.91 Å². The Morgan fingerprint density at radius 2 is 1.77 bits per heavy atom. The average Bonchev–Trinajstić information content (AvgIpc) is 3.34. The zero-order valence-corrected chi connectivity index (χ0v) is 23.7. The van der Waals surface area contributed by atoms with Gasteiger partial charge in [-0.3, -0.25) is 30.2 Å². The third kappa shape index (κ3) is 9.52. The summed E-state index contributed by atoms with van der Waals surface area (Å²) in [6.07, 6.45) is 7.52. The fourth-order valence-corrected chi connectivity index (χ4v) is 5.85. The van der Waals surface area contributed by atoms with Crippen molar-refractivity contribution in [2.24, 2.45) is 5.92 Å². The van der Waals surface area contributed by atoms with Gasteiger partial charge in [-0.05, 0) is 76.7 Å². The van der Waals surface area contributed by atoms with E-state index in [0.29, 0.717) is 38.5 Å². The van der Waals surface area contributed by atoms with Crippen LogP contribution in [0.4, 0.5) is 0 Å². The molecule has 1 aliphatic carbocycles. The van der Waals surface area contributed by atoms with Gasteiger partial charge in [-0.2, -0.15) is 0 Å². The van der Waals surface area contributed by atoms with Crippen LogP contribution in [-0.4, -0.2) is 82.5 Å². The fourth-order valence-electron chi connectivity index (χ4n) is 5.85. The topological polar surface area (TPSA) is 138 Å². The molecule has 0 bridgehead atoms. The smallest absolute Gasteiger partial charge is 0.328 e. The highest BCUT2D eigenvalue weighted by molar-refractivity contribution is 5.89. The third-order valence-corrected chi connectivity index (χ3v) is 7.81. The molecular weight excluding hydrogens is 518 g/mol. The first-order valence-electron chi connectivity index (χ1n) is 14.6. The summed E-state index contributed by atoms with van der Waals surface area (Å²) in [6, 6.07) is 7.88. The van der Waals surface area contributed by atoms with Crippen molar-refractivity contribution >= 4 is 17.8 Å². The molecule has 2 aliphatic rings. The molecule has 1 saturated carbocycles. The van der Waals surface area contributed by atoms with Crippen molar-refractivity contribution in [2.45, 2.75) is 102 Å². The highest BCUT2D eigenvalue weighted by Gasteiger charge is 2.49. The minimum absolute atomic E-state index is 0.00882. The van der Waals surface area contributed by atoms with E-state index in [1.165, 1.54) is 0 Å². The van der Waals surface area contributed by atoms with Crippen molar-refractivity contribution in [1.82, 2.24) is 15.6 Å². The van der Waals surface area contributed by atoms with E-state index in [4.69, 9.17) is 19.9 Å². The molecular formula is C29H45N3O8. The van der Waals surface area contributed by atoms with Crippen LogP contribution in [0.1, 0.15) is 77.2 Å². The number of likely N-dealkylation sites (tertiary alicyclic amines) is 1. The van der Waals surface area contributed by atoms with Gasteiger partial charge in [0, 0.05) is 6.04 Å². The number of fused-ring (bicyclic) bond motifs is 1. The summed E-state index contributed by atoms with van der Waals surface area (Å²) in [5, 5.41) is 20.0. The third-order valence-electron chi connectivity index (χ3n) is 7.81. The quantitative estimate of drug-likeness (QED) is 0.156. The van der Waals surface area contributed by atoms with Crippen LogP contribution in [0, 0.1) is 5.92 Å². The number of nitrogens with one attached hydrogen (secondary N) is 1. The first kappa shape index (κ1) is 32.0. The van der Waals surface area contributed by atoms with Crippen molar-refractivity contribution in [2.75, 3.05) is 19.8 Å². The van der Waals surface area contributed by atoms with E-state index in [1.54, 1.807) is 18.7 Å². The van der Waals surface area contributed by atoms with Crippen LogP contribution in [-0.2, 0) is 35.1 Å². The number of hydrogen-bond acceptors (Lipinski definition) is 10. The molecule has 1 heterocycles. The van der Waals surface area contributed by atoms with E-state index in [-0.39, 0.29) is 49.0 Å². The predicted octanol–water partition coefficient (Wildman–Crippen LogP) is 3.41. The van der Waals surface area contributed by atoms with E-state index in [0.717, 1.165) is 31.2 Å².